The number of carbonyl (C=O) groups is 1. The molecule has 0 aliphatic carbocycles. The van der Waals surface area contributed by atoms with Crippen LogP contribution in [0.3, 0.4) is 0 Å². The Morgan fingerprint density at radius 1 is 1.31 bits per heavy atom. The van der Waals surface area contributed by atoms with Gasteiger partial charge in [-0.15, -0.1) is 11.6 Å². The molecular weight excluding hydrogens is 242 g/mol. The van der Waals surface area contributed by atoms with Crippen LogP contribution in [0.15, 0.2) is 0 Å². The lowest BCUT2D eigenvalue weighted by atomic mass is 9.97. The van der Waals surface area contributed by atoms with Crippen LogP contribution in [0.5, 0.6) is 0 Å². The Morgan fingerprint density at radius 3 is 2.44 bits per heavy atom. The number of halogens is 1. The minimum Gasteiger partial charge on any atom is -0.394 e. The van der Waals surface area contributed by atoms with Crippen molar-refractivity contribution in [3.8, 4) is 0 Å². The Labute approximate surface area is 96.6 Å². The van der Waals surface area contributed by atoms with Crippen LogP contribution < -0.4 is 5.32 Å². The third-order valence-corrected chi connectivity index (χ3v) is 2.59. The molecule has 0 radical (unpaired) electrons. The van der Waals surface area contributed by atoms with Gasteiger partial charge in [-0.05, 0) is 0 Å². The summed E-state index contributed by atoms with van der Waals surface area (Å²) in [5, 5.41) is 39.5. The molecule has 94 valence electrons. The number of rotatable bonds is 3. The van der Waals surface area contributed by atoms with Crippen molar-refractivity contribution in [3.05, 3.63) is 0 Å². The fourth-order valence-corrected chi connectivity index (χ4v) is 1.55. The zero-order valence-corrected chi connectivity index (χ0v) is 9.04. The molecule has 0 aromatic rings. The van der Waals surface area contributed by atoms with Crippen LogP contribution in [0.2, 0.25) is 0 Å². The number of hydrogen-bond acceptors (Lipinski definition) is 6. The summed E-state index contributed by atoms with van der Waals surface area (Å²) in [7, 11) is 0. The molecule has 5 N–H and O–H groups in total. The molecule has 1 amide bonds. The van der Waals surface area contributed by atoms with Gasteiger partial charge in [-0.3, -0.25) is 4.79 Å². The third kappa shape index (κ3) is 2.82. The largest absolute Gasteiger partial charge is 0.394 e. The highest BCUT2D eigenvalue weighted by Gasteiger charge is 2.44. The van der Waals surface area contributed by atoms with E-state index in [4.69, 9.17) is 21.4 Å². The van der Waals surface area contributed by atoms with Gasteiger partial charge in [0.05, 0.1) is 6.61 Å². The summed E-state index contributed by atoms with van der Waals surface area (Å²) in [6.07, 6.45) is -5.43. The normalized spacial score (nSPS) is 39.4. The van der Waals surface area contributed by atoms with Crippen LogP contribution in [0.25, 0.3) is 0 Å². The molecule has 5 atom stereocenters. The van der Waals surface area contributed by atoms with Crippen LogP contribution >= 0.6 is 11.6 Å². The zero-order valence-electron chi connectivity index (χ0n) is 8.28. The number of carbonyl (C=O) groups excluding carboxylic acids is 1. The topological polar surface area (TPSA) is 119 Å². The molecule has 7 nitrogen and oxygen atoms in total. The third-order valence-electron chi connectivity index (χ3n) is 2.35. The van der Waals surface area contributed by atoms with E-state index in [0.717, 1.165) is 0 Å². The van der Waals surface area contributed by atoms with Crippen molar-refractivity contribution in [1.82, 2.24) is 5.32 Å². The Hall–Kier alpha value is -0.440. The predicted molar refractivity (Wildman–Crippen MR) is 52.6 cm³/mol. The second-order valence-electron chi connectivity index (χ2n) is 3.46. The monoisotopic (exact) mass is 255 g/mol. The van der Waals surface area contributed by atoms with Gasteiger partial charge in [0.25, 0.3) is 0 Å². The van der Waals surface area contributed by atoms with Gasteiger partial charge in [0.1, 0.15) is 30.2 Å². The molecule has 0 bridgehead atoms. The summed E-state index contributed by atoms with van der Waals surface area (Å²) in [6.45, 7) is -0.550. The van der Waals surface area contributed by atoms with Crippen LogP contribution in [0.4, 0.5) is 0 Å². The van der Waals surface area contributed by atoms with Crippen molar-refractivity contribution >= 4 is 17.5 Å². The molecule has 0 spiro atoms. The highest BCUT2D eigenvalue weighted by atomic mass is 35.5. The number of nitrogens with one attached hydrogen (secondary N) is 1. The average molecular weight is 256 g/mol. The van der Waals surface area contributed by atoms with E-state index in [-0.39, 0.29) is 5.88 Å². The van der Waals surface area contributed by atoms with E-state index in [1.165, 1.54) is 0 Å². The van der Waals surface area contributed by atoms with Gasteiger partial charge in [0, 0.05) is 0 Å². The number of amides is 1. The zero-order chi connectivity index (χ0) is 12.3. The van der Waals surface area contributed by atoms with Gasteiger partial charge in [-0.2, -0.15) is 0 Å². The standard InChI is InChI=1S/C8H14ClNO6/c9-1-4(12)10-5-7(14)6(13)3(2-11)16-8(5)15/h3,5-8,11,13-15H,1-2H2,(H,10,12)/t3?,5-,6?,7-,8-/m1/s1. The van der Waals surface area contributed by atoms with Crippen LogP contribution in [-0.4, -0.2) is 69.5 Å². The first-order valence-electron chi connectivity index (χ1n) is 4.67. The van der Waals surface area contributed by atoms with E-state index in [2.05, 4.69) is 5.32 Å². The van der Waals surface area contributed by atoms with Crippen LogP contribution in [-0.2, 0) is 9.53 Å². The van der Waals surface area contributed by atoms with Crippen molar-refractivity contribution in [3.63, 3.8) is 0 Å². The lowest BCUT2D eigenvalue weighted by Gasteiger charge is -2.40. The fourth-order valence-electron chi connectivity index (χ4n) is 1.48. The van der Waals surface area contributed by atoms with Gasteiger partial charge in [0.2, 0.25) is 5.91 Å². The number of aliphatic hydroxyl groups is 4. The van der Waals surface area contributed by atoms with Crippen LogP contribution in [0, 0.1) is 0 Å². The maximum Gasteiger partial charge on any atom is 0.235 e. The van der Waals surface area contributed by atoms with Crippen molar-refractivity contribution in [2.75, 3.05) is 12.5 Å². The molecule has 1 saturated heterocycles. The summed E-state index contributed by atoms with van der Waals surface area (Å²) in [4.78, 5) is 11.0. The summed E-state index contributed by atoms with van der Waals surface area (Å²) < 4.78 is 4.81. The van der Waals surface area contributed by atoms with Crippen molar-refractivity contribution in [2.45, 2.75) is 30.6 Å². The highest BCUT2D eigenvalue weighted by molar-refractivity contribution is 6.27. The Kier molecular flexibility index (Phi) is 4.90. The minimum absolute atomic E-state index is 0.338. The summed E-state index contributed by atoms with van der Waals surface area (Å²) in [5.74, 6) is -0.946. The van der Waals surface area contributed by atoms with Gasteiger partial charge in [-0.1, -0.05) is 0 Å². The fraction of sp³-hybridized carbons (Fsp3) is 0.875. The number of hydrogen-bond donors (Lipinski definition) is 5. The Balaban J connectivity index is 2.67. The van der Waals surface area contributed by atoms with Gasteiger partial charge < -0.3 is 30.5 Å². The SMILES string of the molecule is O=C(CCl)N[C@H]1[C@H](O)OC(CO)C(O)[C@@H]1O. The smallest absolute Gasteiger partial charge is 0.235 e. The maximum atomic E-state index is 11.0. The highest BCUT2D eigenvalue weighted by Crippen LogP contribution is 2.19. The van der Waals surface area contributed by atoms with Crippen molar-refractivity contribution in [1.29, 1.82) is 0 Å². The molecule has 0 aromatic carbocycles. The first kappa shape index (κ1) is 13.6. The Morgan fingerprint density at radius 2 is 1.94 bits per heavy atom. The first-order chi connectivity index (χ1) is 7.51. The maximum absolute atomic E-state index is 11.0. The number of alkyl halides is 1. The minimum atomic E-state index is -1.51. The Bertz CT molecular complexity index is 253. The molecule has 16 heavy (non-hydrogen) atoms. The summed E-state index contributed by atoms with van der Waals surface area (Å²) in [6, 6.07) is -1.18. The predicted octanol–water partition coefficient (Wildman–Crippen LogP) is -2.86. The second-order valence-corrected chi connectivity index (χ2v) is 3.72. The van der Waals surface area contributed by atoms with Crippen molar-refractivity contribution < 1.29 is 30.0 Å². The van der Waals surface area contributed by atoms with Gasteiger partial charge in [0.15, 0.2) is 6.29 Å². The molecule has 2 unspecified atom stereocenters. The van der Waals surface area contributed by atoms with E-state index in [1.54, 1.807) is 0 Å². The lowest BCUT2D eigenvalue weighted by Crippen LogP contribution is -2.64. The summed E-state index contributed by atoms with van der Waals surface area (Å²) >= 11 is 5.24. The number of ether oxygens (including phenoxy) is 1. The lowest BCUT2D eigenvalue weighted by molar-refractivity contribution is -0.253. The number of aliphatic hydroxyl groups excluding tert-OH is 4. The van der Waals surface area contributed by atoms with Gasteiger partial charge in [-0.25, -0.2) is 0 Å². The molecular formula is C8H14ClNO6. The molecule has 1 fully saturated rings. The van der Waals surface area contributed by atoms with E-state index < -0.39 is 43.2 Å². The molecule has 0 saturated carbocycles. The van der Waals surface area contributed by atoms with E-state index in [0.29, 0.717) is 0 Å². The van der Waals surface area contributed by atoms with Gasteiger partial charge >= 0.3 is 0 Å². The molecule has 0 aromatic heterocycles. The summed E-state index contributed by atoms with van der Waals surface area (Å²) in [5.41, 5.74) is 0. The second kappa shape index (κ2) is 5.76. The van der Waals surface area contributed by atoms with Crippen LogP contribution in [0.1, 0.15) is 0 Å². The van der Waals surface area contributed by atoms with E-state index >= 15 is 0 Å². The average Bonchev–Trinajstić information content (AvgIpc) is 2.28. The molecule has 1 aliphatic heterocycles. The first-order valence-corrected chi connectivity index (χ1v) is 5.20. The molecule has 1 heterocycles. The molecule has 1 rings (SSSR count). The quantitative estimate of drug-likeness (QED) is 0.346. The van der Waals surface area contributed by atoms with Crippen molar-refractivity contribution in [2.24, 2.45) is 0 Å². The molecule has 1 aliphatic rings. The molecule has 8 heteroatoms. The van der Waals surface area contributed by atoms with E-state index in [1.807, 2.05) is 0 Å². The van der Waals surface area contributed by atoms with E-state index in [9.17, 15) is 20.1 Å².